The van der Waals surface area contributed by atoms with Gasteiger partial charge in [0, 0.05) is 5.92 Å². The Hall–Kier alpha value is -0.790. The van der Waals surface area contributed by atoms with Gasteiger partial charge in [0.25, 0.3) is 0 Å². The molecule has 1 fully saturated rings. The maximum atomic E-state index is 4.19. The molecule has 0 bridgehead atoms. The van der Waals surface area contributed by atoms with Gasteiger partial charge in [0.1, 0.15) is 0 Å². The monoisotopic (exact) mass is 163 g/mol. The average molecular weight is 163 g/mol. The summed E-state index contributed by atoms with van der Waals surface area (Å²) in [5.74, 6) is 0.709. The molecule has 0 unspecified atom stereocenters. The third-order valence-electron chi connectivity index (χ3n) is 2.81. The van der Waals surface area contributed by atoms with Crippen molar-refractivity contribution in [2.75, 3.05) is 0 Å². The zero-order valence-corrected chi connectivity index (χ0v) is 7.58. The Morgan fingerprint density at radius 1 is 1.25 bits per heavy atom. The van der Waals surface area contributed by atoms with E-state index in [1.165, 1.54) is 43.4 Å². The Morgan fingerprint density at radius 3 is 2.58 bits per heavy atom. The maximum absolute atomic E-state index is 4.19. The third-order valence-corrected chi connectivity index (χ3v) is 2.81. The quantitative estimate of drug-likeness (QED) is 0.567. The van der Waals surface area contributed by atoms with Crippen LogP contribution in [0, 0.1) is 5.92 Å². The Kier molecular flexibility index (Phi) is 2.15. The van der Waals surface area contributed by atoms with Gasteiger partial charge in [-0.15, -0.1) is 0 Å². The van der Waals surface area contributed by atoms with Crippen molar-refractivity contribution in [3.63, 3.8) is 0 Å². The van der Waals surface area contributed by atoms with Gasteiger partial charge in [0.05, 0.1) is 11.9 Å². The highest BCUT2D eigenvalue weighted by Gasteiger charge is 2.22. The van der Waals surface area contributed by atoms with E-state index >= 15 is 0 Å². The fourth-order valence-electron chi connectivity index (χ4n) is 2.10. The van der Waals surface area contributed by atoms with E-state index < -0.39 is 0 Å². The van der Waals surface area contributed by atoms with Crippen molar-refractivity contribution >= 4 is 5.71 Å². The number of allylic oxidation sites excluding steroid dienone is 1. The summed E-state index contributed by atoms with van der Waals surface area (Å²) in [5, 5.41) is 4.19. The molecule has 0 saturated heterocycles. The molecule has 0 spiro atoms. The Bertz CT molecular complexity index is 222. The second-order valence-corrected chi connectivity index (χ2v) is 3.75. The van der Waals surface area contributed by atoms with E-state index in [9.17, 15) is 0 Å². The summed E-state index contributed by atoms with van der Waals surface area (Å²) in [6, 6.07) is 0. The van der Waals surface area contributed by atoms with E-state index in [1.807, 2.05) is 6.20 Å². The Labute approximate surface area is 73.7 Å². The summed E-state index contributed by atoms with van der Waals surface area (Å²) in [5.41, 5.74) is 6.49. The fourth-order valence-corrected chi connectivity index (χ4v) is 2.10. The van der Waals surface area contributed by atoms with Crippen LogP contribution in [0.25, 0.3) is 0 Å². The molecule has 1 aliphatic carbocycles. The van der Waals surface area contributed by atoms with Crippen LogP contribution in [0.1, 0.15) is 39.0 Å². The molecule has 0 aromatic carbocycles. The second-order valence-electron chi connectivity index (χ2n) is 3.75. The molecule has 1 aliphatic heterocycles. The van der Waals surface area contributed by atoms with Crippen LogP contribution < -0.4 is 5.43 Å². The molecule has 2 rings (SSSR count). The molecule has 1 heterocycles. The highest BCUT2D eigenvalue weighted by molar-refractivity contribution is 6.02. The van der Waals surface area contributed by atoms with Crippen molar-refractivity contribution in [1.82, 2.24) is 5.43 Å². The lowest BCUT2D eigenvalue weighted by Gasteiger charge is -2.21. The minimum absolute atomic E-state index is 0.709. The fraction of sp³-hybridized carbons (Fsp3) is 0.700. The van der Waals surface area contributed by atoms with Crippen molar-refractivity contribution in [1.29, 1.82) is 0 Å². The summed E-state index contributed by atoms with van der Waals surface area (Å²) < 4.78 is 0. The molecule has 0 amide bonds. The zero-order valence-electron chi connectivity index (χ0n) is 7.58. The molecule has 0 aromatic heterocycles. The van der Waals surface area contributed by atoms with Gasteiger partial charge in [-0.1, -0.05) is 19.3 Å². The van der Waals surface area contributed by atoms with Gasteiger partial charge in [0.2, 0.25) is 0 Å². The molecule has 2 aliphatic rings. The van der Waals surface area contributed by atoms with Gasteiger partial charge in [-0.2, -0.15) is 10.5 Å². The standard InChI is InChI=1S/C10H15N2/c1-8-7-11-12-10(8)9-5-3-2-4-6-9/h7,9H,2-6H2,1H3. The first-order valence-corrected chi connectivity index (χ1v) is 4.83. The molecule has 0 atom stereocenters. The highest BCUT2D eigenvalue weighted by atomic mass is 15.3. The summed E-state index contributed by atoms with van der Waals surface area (Å²) in [6.45, 7) is 2.12. The number of hydrogen-bond acceptors (Lipinski definition) is 1. The van der Waals surface area contributed by atoms with E-state index in [2.05, 4.69) is 17.5 Å². The first kappa shape index (κ1) is 7.84. The van der Waals surface area contributed by atoms with Crippen LogP contribution in [-0.2, 0) is 0 Å². The lowest BCUT2D eigenvalue weighted by molar-refractivity contribution is 0.439. The molecule has 1 saturated carbocycles. The lowest BCUT2D eigenvalue weighted by atomic mass is 9.84. The van der Waals surface area contributed by atoms with Crippen LogP contribution >= 0.6 is 0 Å². The highest BCUT2D eigenvalue weighted by Crippen LogP contribution is 2.28. The summed E-state index contributed by atoms with van der Waals surface area (Å²) >= 11 is 0. The Morgan fingerprint density at radius 2 is 2.00 bits per heavy atom. The van der Waals surface area contributed by atoms with E-state index in [0.717, 1.165) is 0 Å². The molecule has 1 radical (unpaired) electrons. The van der Waals surface area contributed by atoms with Crippen molar-refractivity contribution in [2.45, 2.75) is 39.0 Å². The zero-order chi connectivity index (χ0) is 8.39. The smallest absolute Gasteiger partial charge is 0.0706 e. The molecule has 65 valence electrons. The van der Waals surface area contributed by atoms with E-state index in [1.54, 1.807) is 0 Å². The van der Waals surface area contributed by atoms with Gasteiger partial charge in [-0.25, -0.2) is 0 Å². The molecule has 2 nitrogen and oxygen atoms in total. The predicted molar refractivity (Wildman–Crippen MR) is 49.9 cm³/mol. The van der Waals surface area contributed by atoms with Crippen molar-refractivity contribution in [3.8, 4) is 0 Å². The van der Waals surface area contributed by atoms with Crippen LogP contribution in [0.4, 0.5) is 0 Å². The largest absolute Gasteiger partial charge is 0.159 e. The summed E-state index contributed by atoms with van der Waals surface area (Å²) in [6.07, 6.45) is 8.67. The summed E-state index contributed by atoms with van der Waals surface area (Å²) in [7, 11) is 0. The Balaban J connectivity index is 2.03. The van der Waals surface area contributed by atoms with Gasteiger partial charge in [-0.05, 0) is 25.3 Å². The van der Waals surface area contributed by atoms with Gasteiger partial charge >= 0.3 is 0 Å². The molecule has 0 N–H and O–H groups in total. The van der Waals surface area contributed by atoms with E-state index in [0.29, 0.717) is 5.92 Å². The van der Waals surface area contributed by atoms with E-state index in [-0.39, 0.29) is 0 Å². The molecule has 0 aromatic rings. The lowest BCUT2D eigenvalue weighted by Crippen LogP contribution is -2.17. The minimum atomic E-state index is 0.709. The minimum Gasteiger partial charge on any atom is -0.159 e. The van der Waals surface area contributed by atoms with Gasteiger partial charge < -0.3 is 0 Å². The van der Waals surface area contributed by atoms with Gasteiger partial charge in [-0.3, -0.25) is 0 Å². The number of rotatable bonds is 1. The first-order chi connectivity index (χ1) is 5.88. The van der Waals surface area contributed by atoms with Crippen LogP contribution in [0.15, 0.2) is 16.9 Å². The summed E-state index contributed by atoms with van der Waals surface area (Å²) in [4.78, 5) is 0. The van der Waals surface area contributed by atoms with Crippen LogP contribution in [-0.4, -0.2) is 5.71 Å². The van der Waals surface area contributed by atoms with Crippen molar-refractivity contribution in [3.05, 3.63) is 11.8 Å². The molecular weight excluding hydrogens is 148 g/mol. The second kappa shape index (κ2) is 3.30. The maximum Gasteiger partial charge on any atom is 0.0706 e. The van der Waals surface area contributed by atoms with Crippen molar-refractivity contribution < 1.29 is 0 Å². The van der Waals surface area contributed by atoms with Crippen molar-refractivity contribution in [2.24, 2.45) is 11.0 Å². The SMILES string of the molecule is CC1=C[N]N=C1C1CCCCC1. The normalized spacial score (nSPS) is 24.8. The van der Waals surface area contributed by atoms with Crippen LogP contribution in [0.2, 0.25) is 0 Å². The number of nitrogens with zero attached hydrogens (tertiary/aromatic N) is 2. The molecule has 12 heavy (non-hydrogen) atoms. The molecular formula is C10H15N2. The van der Waals surface area contributed by atoms with Crippen LogP contribution in [0.3, 0.4) is 0 Å². The average Bonchev–Trinajstić information content (AvgIpc) is 2.53. The number of hydrogen-bond donors (Lipinski definition) is 0. The van der Waals surface area contributed by atoms with E-state index in [4.69, 9.17) is 0 Å². The third kappa shape index (κ3) is 1.38. The molecule has 2 heteroatoms. The first-order valence-electron chi connectivity index (χ1n) is 4.83. The topological polar surface area (TPSA) is 26.5 Å². The van der Waals surface area contributed by atoms with Crippen LogP contribution in [0.5, 0.6) is 0 Å². The predicted octanol–water partition coefficient (Wildman–Crippen LogP) is 2.44. The van der Waals surface area contributed by atoms with Gasteiger partial charge in [0.15, 0.2) is 0 Å².